The van der Waals surface area contributed by atoms with E-state index < -0.39 is 28.3 Å². The zero-order valence-corrected chi connectivity index (χ0v) is 18.1. The molecule has 3 aromatic carbocycles. The van der Waals surface area contributed by atoms with Crippen LogP contribution in [0.2, 0.25) is 0 Å². The highest BCUT2D eigenvalue weighted by molar-refractivity contribution is 7.92. The number of carbonyl (C=O) groups is 1. The SMILES string of the molecule is Cc1ccccc1NC(=O)CN(c1cccc(F)c1)S(=O)(=O)c1ccc2c(c1)OCCO2. The second-order valence-electron chi connectivity index (χ2n) is 7.16. The lowest BCUT2D eigenvalue weighted by Crippen LogP contribution is -2.38. The lowest BCUT2D eigenvalue weighted by atomic mass is 10.2. The minimum atomic E-state index is -4.23. The van der Waals surface area contributed by atoms with Crippen LogP contribution in [0.5, 0.6) is 11.5 Å². The maximum Gasteiger partial charge on any atom is 0.264 e. The average Bonchev–Trinajstić information content (AvgIpc) is 2.78. The number of nitrogens with zero attached hydrogens (tertiary/aromatic N) is 1. The minimum Gasteiger partial charge on any atom is -0.486 e. The van der Waals surface area contributed by atoms with Gasteiger partial charge in [-0.05, 0) is 48.9 Å². The Balaban J connectivity index is 1.69. The number of benzene rings is 3. The quantitative estimate of drug-likeness (QED) is 0.611. The van der Waals surface area contributed by atoms with Gasteiger partial charge < -0.3 is 14.8 Å². The van der Waals surface area contributed by atoms with E-state index in [4.69, 9.17) is 9.47 Å². The van der Waals surface area contributed by atoms with E-state index in [1.165, 1.54) is 36.4 Å². The number of anilines is 2. The molecular formula is C23H21FN2O5S. The first-order valence-electron chi connectivity index (χ1n) is 9.88. The molecule has 1 amide bonds. The van der Waals surface area contributed by atoms with Crippen molar-refractivity contribution in [1.82, 2.24) is 0 Å². The van der Waals surface area contributed by atoms with Crippen molar-refractivity contribution in [3.63, 3.8) is 0 Å². The summed E-state index contributed by atoms with van der Waals surface area (Å²) in [5.74, 6) is -0.459. The lowest BCUT2D eigenvalue weighted by molar-refractivity contribution is -0.114. The number of amides is 1. The Morgan fingerprint density at radius 3 is 2.50 bits per heavy atom. The van der Waals surface area contributed by atoms with E-state index in [1.807, 2.05) is 19.1 Å². The number of hydrogen-bond acceptors (Lipinski definition) is 5. The Kier molecular flexibility index (Phi) is 6.00. The monoisotopic (exact) mass is 456 g/mol. The molecule has 166 valence electrons. The van der Waals surface area contributed by atoms with Crippen LogP contribution in [0, 0.1) is 12.7 Å². The number of para-hydroxylation sites is 1. The van der Waals surface area contributed by atoms with Crippen molar-refractivity contribution in [3.8, 4) is 11.5 Å². The van der Waals surface area contributed by atoms with Crippen molar-refractivity contribution in [2.24, 2.45) is 0 Å². The smallest absolute Gasteiger partial charge is 0.264 e. The largest absolute Gasteiger partial charge is 0.486 e. The summed E-state index contributed by atoms with van der Waals surface area (Å²) in [5.41, 5.74) is 1.42. The fourth-order valence-corrected chi connectivity index (χ4v) is 4.72. The molecule has 0 aromatic heterocycles. The first-order valence-corrected chi connectivity index (χ1v) is 11.3. The van der Waals surface area contributed by atoms with Gasteiger partial charge in [-0.15, -0.1) is 0 Å². The number of fused-ring (bicyclic) bond motifs is 1. The van der Waals surface area contributed by atoms with Crippen LogP contribution in [0.25, 0.3) is 0 Å². The Morgan fingerprint density at radius 1 is 1.00 bits per heavy atom. The molecule has 1 N–H and O–H groups in total. The van der Waals surface area contributed by atoms with Gasteiger partial charge in [0.25, 0.3) is 10.0 Å². The molecule has 0 aliphatic carbocycles. The second kappa shape index (κ2) is 8.88. The van der Waals surface area contributed by atoms with Gasteiger partial charge in [0, 0.05) is 11.8 Å². The van der Waals surface area contributed by atoms with Gasteiger partial charge in [0.1, 0.15) is 25.6 Å². The molecule has 4 rings (SSSR count). The van der Waals surface area contributed by atoms with Crippen LogP contribution in [-0.2, 0) is 14.8 Å². The number of ether oxygens (including phenoxy) is 2. The van der Waals surface area contributed by atoms with Crippen molar-refractivity contribution in [3.05, 3.63) is 78.1 Å². The highest BCUT2D eigenvalue weighted by atomic mass is 32.2. The van der Waals surface area contributed by atoms with Crippen molar-refractivity contribution >= 4 is 27.3 Å². The molecule has 0 radical (unpaired) electrons. The molecular weight excluding hydrogens is 435 g/mol. The van der Waals surface area contributed by atoms with Crippen LogP contribution in [0.1, 0.15) is 5.56 Å². The summed E-state index contributed by atoms with van der Waals surface area (Å²) in [5, 5.41) is 2.72. The normalized spacial score (nSPS) is 12.8. The Morgan fingerprint density at radius 2 is 1.75 bits per heavy atom. The van der Waals surface area contributed by atoms with Crippen LogP contribution in [-0.4, -0.2) is 34.1 Å². The average molecular weight is 456 g/mol. The molecule has 7 nitrogen and oxygen atoms in total. The summed E-state index contributed by atoms with van der Waals surface area (Å²) in [6.07, 6.45) is 0. The number of nitrogens with one attached hydrogen (secondary N) is 1. The van der Waals surface area contributed by atoms with Gasteiger partial charge in [0.15, 0.2) is 11.5 Å². The Bertz CT molecular complexity index is 1260. The van der Waals surface area contributed by atoms with Gasteiger partial charge in [-0.3, -0.25) is 9.10 Å². The third-order valence-corrected chi connectivity index (χ3v) is 6.67. The number of sulfonamides is 1. The van der Waals surface area contributed by atoms with Crippen LogP contribution >= 0.6 is 0 Å². The molecule has 0 saturated heterocycles. The van der Waals surface area contributed by atoms with E-state index in [-0.39, 0.29) is 10.6 Å². The van der Waals surface area contributed by atoms with E-state index in [1.54, 1.807) is 12.1 Å². The van der Waals surface area contributed by atoms with Crippen molar-refractivity contribution < 1.29 is 27.1 Å². The predicted molar refractivity (Wildman–Crippen MR) is 118 cm³/mol. The standard InChI is InChI=1S/C23H21FN2O5S/c1-16-5-2-3-8-20(16)25-23(27)15-26(18-7-4-6-17(24)13-18)32(28,29)19-9-10-21-22(14-19)31-12-11-30-21/h2-10,13-14H,11-12,15H2,1H3,(H,25,27). The van der Waals surface area contributed by atoms with Crippen LogP contribution in [0.15, 0.2) is 71.6 Å². The fraction of sp³-hybridized carbons (Fsp3) is 0.174. The number of rotatable bonds is 6. The summed E-state index contributed by atoms with van der Waals surface area (Å²) in [6.45, 7) is 1.94. The molecule has 1 aliphatic rings. The maximum atomic E-state index is 13.9. The molecule has 32 heavy (non-hydrogen) atoms. The van der Waals surface area contributed by atoms with Gasteiger partial charge in [0.05, 0.1) is 10.6 Å². The predicted octanol–water partition coefficient (Wildman–Crippen LogP) is 3.74. The summed E-state index contributed by atoms with van der Waals surface area (Å²) < 4.78 is 52.8. The third-order valence-electron chi connectivity index (χ3n) is 4.90. The van der Waals surface area contributed by atoms with E-state index in [2.05, 4.69) is 5.32 Å². The molecule has 0 atom stereocenters. The van der Waals surface area contributed by atoms with E-state index in [0.717, 1.165) is 15.9 Å². The van der Waals surface area contributed by atoms with Crippen LogP contribution in [0.4, 0.5) is 15.8 Å². The van der Waals surface area contributed by atoms with Crippen molar-refractivity contribution in [1.29, 1.82) is 0 Å². The highest BCUT2D eigenvalue weighted by Crippen LogP contribution is 2.34. The highest BCUT2D eigenvalue weighted by Gasteiger charge is 2.29. The van der Waals surface area contributed by atoms with Crippen LogP contribution < -0.4 is 19.1 Å². The Labute approximate surface area is 185 Å². The minimum absolute atomic E-state index is 0.0276. The van der Waals surface area contributed by atoms with E-state index in [9.17, 15) is 17.6 Å². The first kappa shape index (κ1) is 21.6. The number of hydrogen-bond donors (Lipinski definition) is 1. The first-order chi connectivity index (χ1) is 15.3. The number of halogens is 1. The fourth-order valence-electron chi connectivity index (χ4n) is 3.29. The topological polar surface area (TPSA) is 84.9 Å². The molecule has 0 fully saturated rings. The zero-order chi connectivity index (χ0) is 22.7. The van der Waals surface area contributed by atoms with Gasteiger partial charge >= 0.3 is 0 Å². The zero-order valence-electron chi connectivity index (χ0n) is 17.2. The summed E-state index contributed by atoms with van der Waals surface area (Å²) in [7, 11) is -4.23. The van der Waals surface area contributed by atoms with E-state index >= 15 is 0 Å². The number of aryl methyl sites for hydroxylation is 1. The molecule has 1 aliphatic heterocycles. The molecule has 0 bridgehead atoms. The van der Waals surface area contributed by atoms with Crippen molar-refractivity contribution in [2.45, 2.75) is 11.8 Å². The summed E-state index contributed by atoms with van der Waals surface area (Å²) in [4.78, 5) is 12.7. The van der Waals surface area contributed by atoms with Gasteiger partial charge in [-0.25, -0.2) is 12.8 Å². The van der Waals surface area contributed by atoms with Gasteiger partial charge in [-0.1, -0.05) is 24.3 Å². The summed E-state index contributed by atoms with van der Waals surface area (Å²) in [6, 6.07) is 16.4. The van der Waals surface area contributed by atoms with Crippen molar-refractivity contribution in [2.75, 3.05) is 29.4 Å². The maximum absolute atomic E-state index is 13.9. The molecule has 9 heteroatoms. The lowest BCUT2D eigenvalue weighted by Gasteiger charge is -2.25. The third kappa shape index (κ3) is 4.52. The van der Waals surface area contributed by atoms with Crippen LogP contribution in [0.3, 0.4) is 0 Å². The molecule has 0 unspecified atom stereocenters. The molecule has 1 heterocycles. The van der Waals surface area contributed by atoms with Gasteiger partial charge in [-0.2, -0.15) is 0 Å². The van der Waals surface area contributed by atoms with E-state index in [0.29, 0.717) is 30.4 Å². The summed E-state index contributed by atoms with van der Waals surface area (Å²) >= 11 is 0. The molecule has 0 saturated carbocycles. The molecule has 0 spiro atoms. The second-order valence-corrected chi connectivity index (χ2v) is 9.02. The number of carbonyl (C=O) groups excluding carboxylic acids is 1. The Hall–Kier alpha value is -3.59. The molecule has 3 aromatic rings. The van der Waals surface area contributed by atoms with Gasteiger partial charge in [0.2, 0.25) is 5.91 Å².